The number of hydrogen-bond acceptors (Lipinski definition) is 0. The first-order valence-electron chi connectivity index (χ1n) is 11.2. The predicted octanol–water partition coefficient (Wildman–Crippen LogP) is 7.99. The van der Waals surface area contributed by atoms with Crippen molar-refractivity contribution in [1.82, 2.24) is 0 Å². The molecule has 2 aliphatic rings. The second kappa shape index (κ2) is 7.21. The molecule has 0 unspecified atom stereocenters. The Morgan fingerprint density at radius 3 is 2.57 bits per heavy atom. The molecule has 4 atom stereocenters. The van der Waals surface area contributed by atoms with Gasteiger partial charge in [-0.05, 0) is 88.3 Å². The minimum Gasteiger partial charge on any atom is -0.0852 e. The van der Waals surface area contributed by atoms with Crippen LogP contribution in [-0.2, 0) is 6.42 Å². The molecule has 2 aliphatic carbocycles. The van der Waals surface area contributed by atoms with Crippen LogP contribution in [0.15, 0.2) is 48.6 Å². The minimum atomic E-state index is 0.314. The molecule has 0 aromatic heterocycles. The lowest BCUT2D eigenvalue weighted by Gasteiger charge is -2.42. The van der Waals surface area contributed by atoms with Crippen LogP contribution in [0.4, 0.5) is 0 Å². The van der Waals surface area contributed by atoms with E-state index in [1.54, 1.807) is 11.1 Å². The maximum absolute atomic E-state index is 2.57. The maximum atomic E-state index is 2.57. The van der Waals surface area contributed by atoms with Gasteiger partial charge in [-0.3, -0.25) is 0 Å². The number of rotatable bonds is 4. The van der Waals surface area contributed by atoms with Crippen LogP contribution in [-0.4, -0.2) is 0 Å². The zero-order chi connectivity index (χ0) is 20.1. The van der Waals surface area contributed by atoms with E-state index in [9.17, 15) is 0 Å². The molecule has 0 aliphatic heterocycles. The molecule has 0 heterocycles. The van der Waals surface area contributed by atoms with Gasteiger partial charge in [-0.2, -0.15) is 0 Å². The van der Waals surface area contributed by atoms with E-state index in [0.29, 0.717) is 17.3 Å². The van der Waals surface area contributed by atoms with Crippen LogP contribution in [0.5, 0.6) is 0 Å². The smallest absolute Gasteiger partial charge is 0.00325 e. The van der Waals surface area contributed by atoms with Crippen LogP contribution >= 0.6 is 0 Å². The van der Waals surface area contributed by atoms with Gasteiger partial charge in [-0.25, -0.2) is 0 Å². The Hall–Kier alpha value is -1.82. The molecule has 2 aromatic rings. The fourth-order valence-corrected chi connectivity index (χ4v) is 5.72. The highest BCUT2D eigenvalue weighted by Gasteiger charge is 2.46. The quantitative estimate of drug-likeness (QED) is 0.477. The third-order valence-corrected chi connectivity index (χ3v) is 7.96. The molecule has 0 bridgehead atoms. The van der Waals surface area contributed by atoms with E-state index in [-0.39, 0.29) is 0 Å². The fourth-order valence-electron chi connectivity index (χ4n) is 5.72. The molecule has 0 nitrogen and oxygen atoms in total. The monoisotopic (exact) mass is 372 g/mol. The van der Waals surface area contributed by atoms with E-state index in [0.717, 1.165) is 11.8 Å². The topological polar surface area (TPSA) is 0 Å². The number of benzene rings is 2. The van der Waals surface area contributed by atoms with Crippen LogP contribution in [0.2, 0.25) is 0 Å². The summed E-state index contributed by atoms with van der Waals surface area (Å²) in [4.78, 5) is 0. The standard InChI is InChI=1S/C28H36/c1-18(2)19(3)10-11-20(4)25-14-15-26-23-13-12-22-9-7-8-21(5)27(22)24(23)16-17-28(25,26)6/h7-13,15,18-20,25H,14,16-17H2,1-6H3/t19-,20+,25+,28+/m0/s1. The second-order valence-electron chi connectivity index (χ2n) is 9.99. The summed E-state index contributed by atoms with van der Waals surface area (Å²) < 4.78 is 0. The number of allylic oxidation sites excluding steroid dienone is 4. The Morgan fingerprint density at radius 1 is 1.04 bits per heavy atom. The highest BCUT2D eigenvalue weighted by molar-refractivity contribution is 5.94. The van der Waals surface area contributed by atoms with E-state index < -0.39 is 0 Å². The predicted molar refractivity (Wildman–Crippen MR) is 124 cm³/mol. The van der Waals surface area contributed by atoms with Crippen LogP contribution in [0, 0.1) is 36.0 Å². The highest BCUT2D eigenvalue weighted by atomic mass is 14.5. The van der Waals surface area contributed by atoms with Crippen molar-refractivity contribution in [3.8, 4) is 0 Å². The number of aryl methyl sites for hydroxylation is 2. The molecule has 0 saturated heterocycles. The average molecular weight is 373 g/mol. The summed E-state index contributed by atoms with van der Waals surface area (Å²) in [6, 6.07) is 11.5. The SMILES string of the molecule is Cc1cccc2ccc3c(c12)CC[C@@]1(C)C3=CC[C@@H]1[C@H](C)C=C[C@H](C)C(C)C. The molecular formula is C28H36. The Labute approximate surface area is 171 Å². The van der Waals surface area contributed by atoms with E-state index in [4.69, 9.17) is 0 Å². The molecule has 2 aromatic carbocycles. The lowest BCUT2D eigenvalue weighted by molar-refractivity contribution is 0.217. The first-order valence-corrected chi connectivity index (χ1v) is 11.2. The number of fused-ring (bicyclic) bond motifs is 5. The van der Waals surface area contributed by atoms with Crippen LogP contribution in [0.25, 0.3) is 16.3 Å². The summed E-state index contributed by atoms with van der Waals surface area (Å²) in [7, 11) is 0. The lowest BCUT2D eigenvalue weighted by Crippen LogP contribution is -2.32. The summed E-state index contributed by atoms with van der Waals surface area (Å²) in [6.07, 6.45) is 11.3. The van der Waals surface area contributed by atoms with Gasteiger partial charge in [0.2, 0.25) is 0 Å². The summed E-state index contributed by atoms with van der Waals surface area (Å²) >= 11 is 0. The zero-order valence-corrected chi connectivity index (χ0v) is 18.5. The lowest BCUT2D eigenvalue weighted by atomic mass is 9.62. The van der Waals surface area contributed by atoms with Crippen LogP contribution in [0.3, 0.4) is 0 Å². The van der Waals surface area contributed by atoms with Gasteiger partial charge >= 0.3 is 0 Å². The van der Waals surface area contributed by atoms with Crippen molar-refractivity contribution in [2.24, 2.45) is 29.1 Å². The Morgan fingerprint density at radius 2 is 1.82 bits per heavy atom. The minimum absolute atomic E-state index is 0.314. The van der Waals surface area contributed by atoms with Crippen molar-refractivity contribution < 1.29 is 0 Å². The van der Waals surface area contributed by atoms with Gasteiger partial charge in [0.1, 0.15) is 0 Å². The third kappa shape index (κ3) is 3.06. The van der Waals surface area contributed by atoms with Crippen molar-refractivity contribution in [1.29, 1.82) is 0 Å². The third-order valence-electron chi connectivity index (χ3n) is 7.96. The van der Waals surface area contributed by atoms with E-state index >= 15 is 0 Å². The Kier molecular flexibility index (Phi) is 5.02. The normalized spacial score (nSPS) is 26.4. The van der Waals surface area contributed by atoms with Crippen molar-refractivity contribution in [3.63, 3.8) is 0 Å². The van der Waals surface area contributed by atoms with Crippen LogP contribution < -0.4 is 0 Å². The van der Waals surface area contributed by atoms with E-state index in [1.165, 1.54) is 41.2 Å². The van der Waals surface area contributed by atoms with E-state index in [1.807, 2.05) is 0 Å². The molecule has 0 N–H and O–H groups in total. The summed E-state index contributed by atoms with van der Waals surface area (Å²) in [5.41, 5.74) is 6.49. The van der Waals surface area contributed by atoms with Gasteiger partial charge in [-0.15, -0.1) is 0 Å². The fraction of sp³-hybridized carbons (Fsp3) is 0.500. The molecule has 0 spiro atoms. The molecule has 0 heteroatoms. The summed E-state index contributed by atoms with van der Waals surface area (Å²) in [6.45, 7) is 14.2. The number of hydrogen-bond donors (Lipinski definition) is 0. The van der Waals surface area contributed by atoms with Gasteiger partial charge in [0.15, 0.2) is 0 Å². The van der Waals surface area contributed by atoms with Gasteiger partial charge in [-0.1, -0.05) is 83.2 Å². The molecule has 0 radical (unpaired) electrons. The molecule has 4 rings (SSSR count). The van der Waals surface area contributed by atoms with Gasteiger partial charge in [0.05, 0.1) is 0 Å². The van der Waals surface area contributed by atoms with Gasteiger partial charge < -0.3 is 0 Å². The van der Waals surface area contributed by atoms with Gasteiger partial charge in [0, 0.05) is 0 Å². The van der Waals surface area contributed by atoms with Crippen molar-refractivity contribution in [3.05, 3.63) is 65.3 Å². The highest BCUT2D eigenvalue weighted by Crippen LogP contribution is 2.58. The Bertz CT molecular complexity index is 942. The molecule has 28 heavy (non-hydrogen) atoms. The second-order valence-corrected chi connectivity index (χ2v) is 9.99. The molecule has 0 fully saturated rings. The van der Waals surface area contributed by atoms with Crippen molar-refractivity contribution in [2.75, 3.05) is 0 Å². The summed E-state index contributed by atoms with van der Waals surface area (Å²) in [5, 5.41) is 2.90. The molecule has 0 amide bonds. The summed E-state index contributed by atoms with van der Waals surface area (Å²) in [5.74, 6) is 2.72. The zero-order valence-electron chi connectivity index (χ0n) is 18.5. The van der Waals surface area contributed by atoms with Crippen molar-refractivity contribution >= 4 is 16.3 Å². The molecule has 148 valence electrons. The first kappa shape index (κ1) is 19.5. The van der Waals surface area contributed by atoms with Crippen molar-refractivity contribution in [2.45, 2.75) is 60.8 Å². The first-order chi connectivity index (χ1) is 13.3. The van der Waals surface area contributed by atoms with E-state index in [2.05, 4.69) is 90.1 Å². The maximum Gasteiger partial charge on any atom is -0.00325 e. The Balaban J connectivity index is 1.68. The van der Waals surface area contributed by atoms with Crippen LogP contribution in [0.1, 0.15) is 64.2 Å². The molecule has 0 saturated carbocycles. The largest absolute Gasteiger partial charge is 0.0852 e. The molecular weight excluding hydrogens is 336 g/mol. The van der Waals surface area contributed by atoms with Gasteiger partial charge in [0.25, 0.3) is 0 Å². The average Bonchev–Trinajstić information content (AvgIpc) is 3.03.